The predicted molar refractivity (Wildman–Crippen MR) is 114 cm³/mol. The summed E-state index contributed by atoms with van der Waals surface area (Å²) in [4.78, 5) is 6.90. The zero-order chi connectivity index (χ0) is 17.8. The highest BCUT2D eigenvalue weighted by atomic mass is 32.2. The zero-order valence-electron chi connectivity index (χ0n) is 14.5. The number of hydrogen-bond acceptors (Lipinski definition) is 3. The number of nitrogens with zero attached hydrogens (tertiary/aromatic N) is 1. The first kappa shape index (κ1) is 17.2. The molecule has 0 N–H and O–H groups in total. The number of fused-ring (bicyclic) bond motifs is 1. The Hall–Kier alpha value is -2.23. The van der Waals surface area contributed by atoms with Gasteiger partial charge in [-0.15, -0.1) is 23.5 Å². The molecular formula is C23H19NS2. The van der Waals surface area contributed by atoms with Crippen LogP contribution in [0.5, 0.6) is 0 Å². The summed E-state index contributed by atoms with van der Waals surface area (Å²) in [7, 11) is 0. The molecule has 0 fully saturated rings. The summed E-state index contributed by atoms with van der Waals surface area (Å²) in [5, 5.41) is 2.78. The highest BCUT2D eigenvalue weighted by Crippen LogP contribution is 2.41. The van der Waals surface area contributed by atoms with E-state index in [0.29, 0.717) is 0 Å². The summed E-state index contributed by atoms with van der Waals surface area (Å²) in [5.41, 5.74) is 2.52. The third-order valence-electron chi connectivity index (χ3n) is 4.38. The van der Waals surface area contributed by atoms with Crippen molar-refractivity contribution in [3.63, 3.8) is 0 Å². The van der Waals surface area contributed by atoms with Crippen molar-refractivity contribution in [1.82, 2.24) is 4.98 Å². The van der Waals surface area contributed by atoms with Crippen molar-refractivity contribution < 1.29 is 0 Å². The van der Waals surface area contributed by atoms with Gasteiger partial charge in [0, 0.05) is 22.2 Å². The molecule has 4 aromatic rings. The minimum atomic E-state index is 0.223. The van der Waals surface area contributed by atoms with Gasteiger partial charge in [0.1, 0.15) is 0 Å². The summed E-state index contributed by atoms with van der Waals surface area (Å²) in [6, 6.07) is 28.2. The molecule has 1 unspecified atom stereocenters. The Morgan fingerprint density at radius 3 is 2.23 bits per heavy atom. The Labute approximate surface area is 162 Å². The summed E-state index contributed by atoms with van der Waals surface area (Å²) < 4.78 is 0. The van der Waals surface area contributed by atoms with Gasteiger partial charge in [-0.3, -0.25) is 4.98 Å². The maximum Gasteiger partial charge on any atom is 0.0609 e. The van der Waals surface area contributed by atoms with Crippen LogP contribution in [0.4, 0.5) is 0 Å². The number of thioether (sulfide) groups is 2. The van der Waals surface area contributed by atoms with Gasteiger partial charge in [-0.1, -0.05) is 48.5 Å². The Bertz CT molecular complexity index is 997. The van der Waals surface area contributed by atoms with E-state index in [4.69, 9.17) is 0 Å². The maximum atomic E-state index is 4.34. The Morgan fingerprint density at radius 2 is 1.50 bits per heavy atom. The molecule has 0 spiro atoms. The van der Waals surface area contributed by atoms with Crippen LogP contribution in [-0.4, -0.2) is 11.2 Å². The molecule has 1 atom stereocenters. The van der Waals surface area contributed by atoms with Crippen molar-refractivity contribution in [2.75, 3.05) is 6.26 Å². The maximum absolute atomic E-state index is 4.34. The molecule has 0 aliphatic rings. The molecule has 1 aromatic heterocycles. The van der Waals surface area contributed by atoms with Gasteiger partial charge < -0.3 is 0 Å². The van der Waals surface area contributed by atoms with Crippen LogP contribution in [0.3, 0.4) is 0 Å². The van der Waals surface area contributed by atoms with E-state index in [0.717, 1.165) is 0 Å². The van der Waals surface area contributed by atoms with Crippen LogP contribution >= 0.6 is 23.5 Å². The van der Waals surface area contributed by atoms with Crippen molar-refractivity contribution in [3.05, 3.63) is 102 Å². The van der Waals surface area contributed by atoms with E-state index in [-0.39, 0.29) is 5.25 Å². The second-order valence-electron chi connectivity index (χ2n) is 6.07. The van der Waals surface area contributed by atoms with Crippen molar-refractivity contribution in [1.29, 1.82) is 0 Å². The molecular weight excluding hydrogens is 354 g/mol. The van der Waals surface area contributed by atoms with Crippen LogP contribution in [0.15, 0.2) is 101 Å². The van der Waals surface area contributed by atoms with Gasteiger partial charge in [-0.05, 0) is 58.5 Å². The lowest BCUT2D eigenvalue weighted by atomic mass is 10.1. The fraction of sp³-hybridized carbons (Fsp3) is 0.0870. The molecule has 3 aromatic carbocycles. The fourth-order valence-electron chi connectivity index (χ4n) is 3.02. The predicted octanol–water partition coefficient (Wildman–Crippen LogP) is 6.84. The Kier molecular flexibility index (Phi) is 5.28. The SMILES string of the molecule is CSc1ccc(C(Sc2ccc3ccccc3c2)c2cccnc2)cc1. The van der Waals surface area contributed by atoms with Gasteiger partial charge in [0.2, 0.25) is 0 Å². The second-order valence-corrected chi connectivity index (χ2v) is 8.12. The standard InChI is InChI=1S/C23H19NS2/c1-25-21-11-9-18(10-12-21)23(20-7-4-14-24-16-20)26-22-13-8-17-5-2-3-6-19(17)15-22/h2-16,23H,1H3. The Morgan fingerprint density at radius 1 is 0.731 bits per heavy atom. The topological polar surface area (TPSA) is 12.9 Å². The first-order valence-corrected chi connectivity index (χ1v) is 10.6. The molecule has 26 heavy (non-hydrogen) atoms. The van der Waals surface area contributed by atoms with Crippen molar-refractivity contribution in [3.8, 4) is 0 Å². The van der Waals surface area contributed by atoms with E-state index in [1.54, 1.807) is 11.8 Å². The lowest BCUT2D eigenvalue weighted by Crippen LogP contribution is -1.97. The minimum Gasteiger partial charge on any atom is -0.264 e. The first-order chi connectivity index (χ1) is 12.8. The van der Waals surface area contributed by atoms with E-state index in [1.165, 1.54) is 31.7 Å². The largest absolute Gasteiger partial charge is 0.264 e. The summed E-state index contributed by atoms with van der Waals surface area (Å²) in [6.45, 7) is 0. The highest BCUT2D eigenvalue weighted by molar-refractivity contribution is 7.99. The van der Waals surface area contributed by atoms with Crippen LogP contribution in [0.25, 0.3) is 10.8 Å². The third-order valence-corrected chi connectivity index (χ3v) is 6.43. The number of aromatic nitrogens is 1. The van der Waals surface area contributed by atoms with E-state index < -0.39 is 0 Å². The lowest BCUT2D eigenvalue weighted by molar-refractivity contribution is 1.11. The minimum absolute atomic E-state index is 0.223. The molecule has 0 saturated carbocycles. The van der Waals surface area contributed by atoms with Crippen LogP contribution < -0.4 is 0 Å². The van der Waals surface area contributed by atoms with Crippen LogP contribution in [0.2, 0.25) is 0 Å². The molecule has 0 saturated heterocycles. The molecule has 0 aliphatic heterocycles. The van der Waals surface area contributed by atoms with Crippen molar-refractivity contribution >= 4 is 34.3 Å². The summed E-state index contributed by atoms with van der Waals surface area (Å²) in [6.07, 6.45) is 5.91. The van der Waals surface area contributed by atoms with E-state index >= 15 is 0 Å². The molecule has 0 aliphatic carbocycles. The third kappa shape index (κ3) is 3.79. The average molecular weight is 374 g/mol. The molecule has 1 nitrogen and oxygen atoms in total. The normalized spacial score (nSPS) is 12.2. The molecule has 0 bridgehead atoms. The van der Waals surface area contributed by atoms with Gasteiger partial charge in [0.25, 0.3) is 0 Å². The van der Waals surface area contributed by atoms with E-state index in [2.05, 4.69) is 84.0 Å². The van der Waals surface area contributed by atoms with E-state index in [9.17, 15) is 0 Å². The zero-order valence-corrected chi connectivity index (χ0v) is 16.1. The molecule has 1 heterocycles. The number of pyridine rings is 1. The molecule has 0 radical (unpaired) electrons. The van der Waals surface area contributed by atoms with Crippen LogP contribution in [-0.2, 0) is 0 Å². The Balaban J connectivity index is 1.71. The average Bonchev–Trinajstić information content (AvgIpc) is 2.73. The number of rotatable bonds is 5. The second kappa shape index (κ2) is 7.98. The van der Waals surface area contributed by atoms with Gasteiger partial charge in [-0.25, -0.2) is 0 Å². The number of hydrogen-bond donors (Lipinski definition) is 0. The molecule has 0 amide bonds. The number of benzene rings is 3. The van der Waals surface area contributed by atoms with E-state index in [1.807, 2.05) is 30.2 Å². The summed E-state index contributed by atoms with van der Waals surface area (Å²) >= 11 is 3.65. The van der Waals surface area contributed by atoms with Crippen LogP contribution in [0.1, 0.15) is 16.4 Å². The van der Waals surface area contributed by atoms with Gasteiger partial charge in [-0.2, -0.15) is 0 Å². The molecule has 128 valence electrons. The lowest BCUT2D eigenvalue weighted by Gasteiger charge is -2.18. The van der Waals surface area contributed by atoms with Crippen molar-refractivity contribution in [2.24, 2.45) is 0 Å². The highest BCUT2D eigenvalue weighted by Gasteiger charge is 2.16. The van der Waals surface area contributed by atoms with Gasteiger partial charge in [0.15, 0.2) is 0 Å². The summed E-state index contributed by atoms with van der Waals surface area (Å²) in [5.74, 6) is 0. The van der Waals surface area contributed by atoms with Crippen LogP contribution in [0, 0.1) is 0 Å². The molecule has 4 rings (SSSR count). The molecule has 3 heteroatoms. The smallest absolute Gasteiger partial charge is 0.0609 e. The quantitative estimate of drug-likeness (QED) is 0.356. The van der Waals surface area contributed by atoms with Crippen molar-refractivity contribution in [2.45, 2.75) is 15.0 Å². The first-order valence-electron chi connectivity index (χ1n) is 8.53. The monoisotopic (exact) mass is 373 g/mol. The van der Waals surface area contributed by atoms with Gasteiger partial charge in [0.05, 0.1) is 5.25 Å². The van der Waals surface area contributed by atoms with Gasteiger partial charge >= 0.3 is 0 Å². The fourth-order valence-corrected chi connectivity index (χ4v) is 4.61.